The number of H-pyrrole nitrogens is 1. The first-order chi connectivity index (χ1) is 17.1. The van der Waals surface area contributed by atoms with E-state index in [4.69, 9.17) is 4.74 Å². The molecule has 0 saturated heterocycles. The molecule has 0 bridgehead atoms. The Kier molecular flexibility index (Phi) is 7.71. The van der Waals surface area contributed by atoms with Gasteiger partial charge >= 0.3 is 0 Å². The molecule has 0 radical (unpaired) electrons. The molecular formula is C28H27ClN4O3. The highest BCUT2D eigenvalue weighted by atomic mass is 35.5. The van der Waals surface area contributed by atoms with Crippen molar-refractivity contribution < 1.29 is 14.3 Å². The van der Waals surface area contributed by atoms with Gasteiger partial charge in [0.2, 0.25) is 5.78 Å². The summed E-state index contributed by atoms with van der Waals surface area (Å²) in [6, 6.07) is 23.1. The Balaban J connectivity index is 0.00000304. The van der Waals surface area contributed by atoms with Gasteiger partial charge in [0.15, 0.2) is 0 Å². The summed E-state index contributed by atoms with van der Waals surface area (Å²) in [6.45, 7) is 2.02. The molecule has 2 heterocycles. The van der Waals surface area contributed by atoms with Crippen molar-refractivity contribution in [2.75, 3.05) is 25.1 Å². The number of aromatic amines is 1. The van der Waals surface area contributed by atoms with E-state index in [1.807, 2.05) is 18.2 Å². The number of ketones is 1. The fourth-order valence-electron chi connectivity index (χ4n) is 4.40. The number of imidazole rings is 1. The maximum atomic E-state index is 13.3. The number of aromatic nitrogens is 2. The molecule has 0 fully saturated rings. The first-order valence-electron chi connectivity index (χ1n) is 11.5. The maximum Gasteiger partial charge on any atom is 0.295 e. The van der Waals surface area contributed by atoms with Crippen LogP contribution in [-0.2, 0) is 17.9 Å². The molecule has 1 aromatic heterocycles. The molecule has 0 aliphatic carbocycles. The minimum atomic E-state index is -0.518. The molecule has 1 aliphatic rings. The topological polar surface area (TPSA) is 78.5 Å². The zero-order valence-electron chi connectivity index (χ0n) is 19.9. The number of nitrogens with one attached hydrogen (secondary N) is 1. The number of hydrogen-bond donors (Lipinski definition) is 1. The molecule has 36 heavy (non-hydrogen) atoms. The number of nitrogens with zero attached hydrogens (tertiary/aromatic N) is 3. The summed E-state index contributed by atoms with van der Waals surface area (Å²) in [5.74, 6) is -0.384. The normalized spacial score (nSPS) is 12.8. The number of carbonyl (C=O) groups is 2. The van der Waals surface area contributed by atoms with Gasteiger partial charge in [-0.25, -0.2) is 4.98 Å². The van der Waals surface area contributed by atoms with Crippen molar-refractivity contribution in [3.05, 3.63) is 102 Å². The number of carbonyl (C=O) groups excluding carboxylic acids is 2. The number of benzene rings is 3. The van der Waals surface area contributed by atoms with Crippen LogP contribution in [0.3, 0.4) is 0 Å². The zero-order chi connectivity index (χ0) is 24.2. The van der Waals surface area contributed by atoms with Crippen molar-refractivity contribution in [2.45, 2.75) is 13.1 Å². The monoisotopic (exact) mass is 502 g/mol. The van der Waals surface area contributed by atoms with Gasteiger partial charge in [0.1, 0.15) is 5.75 Å². The van der Waals surface area contributed by atoms with Gasteiger partial charge in [0.05, 0.1) is 25.7 Å². The van der Waals surface area contributed by atoms with Crippen LogP contribution in [0.1, 0.15) is 21.6 Å². The molecule has 0 saturated carbocycles. The van der Waals surface area contributed by atoms with E-state index in [1.165, 1.54) is 0 Å². The van der Waals surface area contributed by atoms with Crippen molar-refractivity contribution in [1.82, 2.24) is 14.9 Å². The Morgan fingerprint density at radius 1 is 0.972 bits per heavy atom. The number of Topliss-reactive ketones (excluding diaryl/α,β-unsaturated/α-hetero) is 1. The van der Waals surface area contributed by atoms with Crippen molar-refractivity contribution in [1.29, 1.82) is 0 Å². The number of anilines is 1. The standard InChI is InChI=1S/C28H26N4O3.ClH/c1-35-25-10-7-21(8-11-25)27(33)28(34)32-14-13-31(18-24-16-29-19-30-24)26-12-9-22(15-23(26)17-32)20-5-3-2-4-6-20;/h2-12,15-16,19H,13-14,17-18H2,1H3,(H,29,30);1H. The molecule has 7 nitrogen and oxygen atoms in total. The lowest BCUT2D eigenvalue weighted by molar-refractivity contribution is -0.126. The summed E-state index contributed by atoms with van der Waals surface area (Å²) in [7, 11) is 1.56. The zero-order valence-corrected chi connectivity index (χ0v) is 20.7. The molecule has 0 unspecified atom stereocenters. The van der Waals surface area contributed by atoms with Crippen molar-refractivity contribution in [2.24, 2.45) is 0 Å². The SMILES string of the molecule is COc1ccc(C(=O)C(=O)N2CCN(Cc3cnc[nH]3)c3ccc(-c4ccccc4)cc3C2)cc1.Cl. The highest BCUT2D eigenvalue weighted by molar-refractivity contribution is 6.42. The van der Waals surface area contributed by atoms with E-state index >= 15 is 0 Å². The van der Waals surface area contributed by atoms with Crippen molar-refractivity contribution >= 4 is 29.8 Å². The van der Waals surface area contributed by atoms with Crippen LogP contribution in [0.25, 0.3) is 11.1 Å². The Morgan fingerprint density at radius 2 is 1.75 bits per heavy atom. The van der Waals surface area contributed by atoms with E-state index in [1.54, 1.807) is 48.8 Å². The van der Waals surface area contributed by atoms with Gasteiger partial charge in [-0.3, -0.25) is 9.59 Å². The molecule has 8 heteroatoms. The van der Waals surface area contributed by atoms with Crippen LogP contribution >= 0.6 is 12.4 Å². The lowest BCUT2D eigenvalue weighted by atomic mass is 10.0. The molecular weight excluding hydrogens is 476 g/mol. The summed E-state index contributed by atoms with van der Waals surface area (Å²) in [5.41, 5.74) is 5.56. The van der Waals surface area contributed by atoms with Crippen LogP contribution in [0.4, 0.5) is 5.69 Å². The number of amides is 1. The van der Waals surface area contributed by atoms with Crippen LogP contribution in [-0.4, -0.2) is 46.8 Å². The first-order valence-corrected chi connectivity index (χ1v) is 11.5. The van der Waals surface area contributed by atoms with Gasteiger partial charge in [0.25, 0.3) is 5.91 Å². The molecule has 1 N–H and O–H groups in total. The number of halogens is 1. The van der Waals surface area contributed by atoms with Crippen LogP contribution < -0.4 is 9.64 Å². The molecule has 184 valence electrons. The lowest BCUT2D eigenvalue weighted by Crippen LogP contribution is -2.39. The van der Waals surface area contributed by atoms with E-state index in [9.17, 15) is 9.59 Å². The molecule has 1 amide bonds. The number of ether oxygens (including phenoxy) is 1. The average Bonchev–Trinajstić information content (AvgIpc) is 3.36. The average molecular weight is 503 g/mol. The van der Waals surface area contributed by atoms with E-state index in [-0.39, 0.29) is 12.4 Å². The van der Waals surface area contributed by atoms with E-state index in [2.05, 4.69) is 45.2 Å². The van der Waals surface area contributed by atoms with Gasteiger partial charge < -0.3 is 19.5 Å². The second kappa shape index (κ2) is 11.1. The van der Waals surface area contributed by atoms with E-state index in [0.717, 1.165) is 28.1 Å². The first kappa shape index (κ1) is 25.0. The summed E-state index contributed by atoms with van der Waals surface area (Å²) in [5, 5.41) is 0. The number of rotatable bonds is 6. The Labute approximate surface area is 216 Å². The molecule has 0 atom stereocenters. The fourth-order valence-corrected chi connectivity index (χ4v) is 4.40. The highest BCUT2D eigenvalue weighted by Crippen LogP contribution is 2.31. The predicted octanol–water partition coefficient (Wildman–Crippen LogP) is 4.74. The Hall–Kier alpha value is -4.10. The molecule has 5 rings (SSSR count). The Morgan fingerprint density at radius 3 is 2.44 bits per heavy atom. The third-order valence-corrected chi connectivity index (χ3v) is 6.28. The summed E-state index contributed by atoms with van der Waals surface area (Å²) >= 11 is 0. The molecule has 1 aliphatic heterocycles. The van der Waals surface area contributed by atoms with Crippen LogP contribution in [0.15, 0.2) is 85.3 Å². The minimum absolute atomic E-state index is 0. The van der Waals surface area contributed by atoms with Crippen molar-refractivity contribution in [3.63, 3.8) is 0 Å². The fraction of sp³-hybridized carbons (Fsp3) is 0.179. The summed E-state index contributed by atoms with van der Waals surface area (Å²) in [4.78, 5) is 37.5. The lowest BCUT2D eigenvalue weighted by Gasteiger charge is -2.24. The van der Waals surface area contributed by atoms with Gasteiger partial charge in [0, 0.05) is 37.1 Å². The minimum Gasteiger partial charge on any atom is -0.497 e. The quantitative estimate of drug-likeness (QED) is 0.304. The van der Waals surface area contributed by atoms with E-state index in [0.29, 0.717) is 37.5 Å². The third-order valence-electron chi connectivity index (χ3n) is 6.28. The highest BCUT2D eigenvalue weighted by Gasteiger charge is 2.28. The van der Waals surface area contributed by atoms with E-state index < -0.39 is 11.7 Å². The van der Waals surface area contributed by atoms with Gasteiger partial charge in [-0.2, -0.15) is 0 Å². The summed E-state index contributed by atoms with van der Waals surface area (Å²) in [6.07, 6.45) is 3.47. The van der Waals surface area contributed by atoms with Gasteiger partial charge in [-0.05, 0) is 53.1 Å². The van der Waals surface area contributed by atoms with Crippen LogP contribution in [0, 0.1) is 0 Å². The number of fused-ring (bicyclic) bond motifs is 1. The number of hydrogen-bond acceptors (Lipinski definition) is 5. The third kappa shape index (κ3) is 5.26. The Bertz CT molecular complexity index is 1320. The second-order valence-corrected chi connectivity index (χ2v) is 8.49. The maximum absolute atomic E-state index is 13.3. The van der Waals surface area contributed by atoms with Crippen LogP contribution in [0.5, 0.6) is 5.75 Å². The van der Waals surface area contributed by atoms with Gasteiger partial charge in [-0.1, -0.05) is 36.4 Å². The molecule has 4 aromatic rings. The van der Waals surface area contributed by atoms with Crippen LogP contribution in [0.2, 0.25) is 0 Å². The largest absolute Gasteiger partial charge is 0.497 e. The summed E-state index contributed by atoms with van der Waals surface area (Å²) < 4.78 is 5.16. The number of methoxy groups -OCH3 is 1. The van der Waals surface area contributed by atoms with Crippen molar-refractivity contribution in [3.8, 4) is 16.9 Å². The smallest absolute Gasteiger partial charge is 0.295 e. The van der Waals surface area contributed by atoms with Gasteiger partial charge in [-0.15, -0.1) is 12.4 Å². The molecule has 0 spiro atoms. The second-order valence-electron chi connectivity index (χ2n) is 8.49. The predicted molar refractivity (Wildman–Crippen MR) is 142 cm³/mol. The molecule has 3 aromatic carbocycles.